The Bertz CT molecular complexity index is 1300. The molecule has 0 saturated heterocycles. The number of hydrogen-bond acceptors (Lipinski definition) is 3. The first-order valence-corrected chi connectivity index (χ1v) is 9.78. The molecular weight excluding hydrogens is 388 g/mol. The minimum absolute atomic E-state index is 0.0362. The molecule has 0 spiro atoms. The average molecular weight is 407 g/mol. The Morgan fingerprint density at radius 2 is 2.00 bits per heavy atom. The molecule has 7 heteroatoms. The van der Waals surface area contributed by atoms with Gasteiger partial charge in [0.2, 0.25) is 0 Å². The molecule has 2 aromatic carbocycles. The van der Waals surface area contributed by atoms with Gasteiger partial charge in [0.15, 0.2) is 11.6 Å². The van der Waals surface area contributed by atoms with E-state index in [4.69, 9.17) is 10.1 Å². The molecule has 0 unspecified atom stereocenters. The number of hydrogen-bond donors (Lipinski definition) is 2. The van der Waals surface area contributed by atoms with Gasteiger partial charge in [-0.05, 0) is 35.7 Å². The highest BCUT2D eigenvalue weighted by molar-refractivity contribution is 6.10. The first-order chi connectivity index (χ1) is 14.5. The molecule has 2 aromatic heterocycles. The molecule has 1 aliphatic heterocycles. The summed E-state index contributed by atoms with van der Waals surface area (Å²) >= 11 is 0. The molecule has 30 heavy (non-hydrogen) atoms. The summed E-state index contributed by atoms with van der Waals surface area (Å²) < 4.78 is 27.1. The first kappa shape index (κ1) is 18.7. The number of aromatic nitrogens is 2. The molecule has 5 rings (SSSR count). The summed E-state index contributed by atoms with van der Waals surface area (Å²) in [6, 6.07) is 11.9. The molecule has 1 aliphatic rings. The van der Waals surface area contributed by atoms with E-state index >= 15 is 0 Å². The van der Waals surface area contributed by atoms with Crippen LogP contribution in [0.25, 0.3) is 21.8 Å². The van der Waals surface area contributed by atoms with Crippen LogP contribution in [0.4, 0.5) is 8.78 Å². The number of H-pyrrole nitrogens is 1. The second-order valence-electron chi connectivity index (χ2n) is 7.68. The van der Waals surface area contributed by atoms with Gasteiger partial charge >= 0.3 is 5.97 Å². The molecular formula is C23H19F2N3O2. The van der Waals surface area contributed by atoms with E-state index in [2.05, 4.69) is 11.1 Å². The molecule has 5 nitrogen and oxygen atoms in total. The molecule has 3 heterocycles. The highest BCUT2D eigenvalue weighted by Gasteiger charge is 2.25. The summed E-state index contributed by atoms with van der Waals surface area (Å²) in [6.07, 6.45) is 1.05. The van der Waals surface area contributed by atoms with Gasteiger partial charge in [0.1, 0.15) is 0 Å². The topological polar surface area (TPSA) is 69.2 Å². The lowest BCUT2D eigenvalue weighted by Gasteiger charge is -2.27. The number of fused-ring (bicyclic) bond motifs is 5. The van der Waals surface area contributed by atoms with Gasteiger partial charge in [-0.3, -0.25) is 14.7 Å². The summed E-state index contributed by atoms with van der Waals surface area (Å²) in [7, 11) is 0. The van der Waals surface area contributed by atoms with Crippen LogP contribution in [0.2, 0.25) is 0 Å². The Balaban J connectivity index is 1.67. The van der Waals surface area contributed by atoms with Crippen LogP contribution in [0.3, 0.4) is 0 Å². The number of benzene rings is 2. The fourth-order valence-corrected chi connectivity index (χ4v) is 4.36. The Morgan fingerprint density at radius 1 is 1.17 bits per heavy atom. The van der Waals surface area contributed by atoms with Crippen molar-refractivity contribution < 1.29 is 18.7 Å². The van der Waals surface area contributed by atoms with Gasteiger partial charge in [-0.2, -0.15) is 0 Å². The third-order valence-electron chi connectivity index (χ3n) is 5.68. The monoisotopic (exact) mass is 407 g/mol. The van der Waals surface area contributed by atoms with Crippen LogP contribution in [0.5, 0.6) is 0 Å². The van der Waals surface area contributed by atoms with E-state index in [1.165, 1.54) is 6.07 Å². The zero-order chi connectivity index (χ0) is 20.8. The fourth-order valence-electron chi connectivity index (χ4n) is 4.36. The molecule has 4 aromatic rings. The van der Waals surface area contributed by atoms with Gasteiger partial charge < -0.3 is 10.1 Å². The summed E-state index contributed by atoms with van der Waals surface area (Å²) in [5, 5.41) is 11.3. The van der Waals surface area contributed by atoms with Gasteiger partial charge in [0.05, 0.1) is 23.4 Å². The van der Waals surface area contributed by atoms with Crippen molar-refractivity contribution in [1.29, 1.82) is 0 Å². The van der Waals surface area contributed by atoms with Crippen LogP contribution < -0.4 is 0 Å². The normalized spacial score (nSPS) is 14.3. The summed E-state index contributed by atoms with van der Waals surface area (Å²) in [6.45, 7) is 1.06. The Labute approximate surface area is 171 Å². The van der Waals surface area contributed by atoms with E-state index in [9.17, 15) is 13.6 Å². The molecule has 0 atom stereocenters. The smallest absolute Gasteiger partial charge is 0.317 e. The minimum Gasteiger partial charge on any atom is -0.480 e. The number of rotatable bonds is 4. The first-order valence-electron chi connectivity index (χ1n) is 9.78. The fraction of sp³-hybridized carbons (Fsp3) is 0.217. The number of pyridine rings is 1. The van der Waals surface area contributed by atoms with Crippen LogP contribution in [-0.2, 0) is 24.2 Å². The number of halogens is 2. The average Bonchev–Trinajstić information content (AvgIpc) is 3.10. The predicted octanol–water partition coefficient (Wildman–Crippen LogP) is 4.03. The van der Waals surface area contributed by atoms with Crippen molar-refractivity contribution in [2.75, 3.05) is 13.1 Å². The Hall–Kier alpha value is -3.32. The molecule has 0 saturated carbocycles. The van der Waals surface area contributed by atoms with Gasteiger partial charge in [0, 0.05) is 35.8 Å². The maximum atomic E-state index is 13.7. The molecule has 0 aliphatic carbocycles. The van der Waals surface area contributed by atoms with Gasteiger partial charge in [-0.1, -0.05) is 24.3 Å². The lowest BCUT2D eigenvalue weighted by molar-refractivity contribution is -0.138. The van der Waals surface area contributed by atoms with Crippen LogP contribution in [0.15, 0.2) is 42.5 Å². The largest absolute Gasteiger partial charge is 0.480 e. The molecule has 0 radical (unpaired) electrons. The number of nitrogens with zero attached hydrogens (tertiary/aromatic N) is 2. The Kier molecular flexibility index (Phi) is 4.47. The summed E-state index contributed by atoms with van der Waals surface area (Å²) in [5.41, 5.74) is 5.21. The molecule has 152 valence electrons. The maximum Gasteiger partial charge on any atom is 0.317 e. The second-order valence-corrected chi connectivity index (χ2v) is 7.68. The van der Waals surface area contributed by atoms with Gasteiger partial charge in [0.25, 0.3) is 0 Å². The van der Waals surface area contributed by atoms with Crippen molar-refractivity contribution in [3.63, 3.8) is 0 Å². The quantitative estimate of drug-likeness (QED) is 0.536. The SMILES string of the molecule is O=C(O)CN1CCc2c(nc(Cc3ccc(F)c(F)c3)c3[nH]c4ccccc4c23)C1. The van der Waals surface area contributed by atoms with Gasteiger partial charge in [-0.15, -0.1) is 0 Å². The molecule has 0 fully saturated rings. The van der Waals surface area contributed by atoms with E-state index < -0.39 is 17.6 Å². The van der Waals surface area contributed by atoms with Crippen molar-refractivity contribution in [3.05, 3.63) is 76.6 Å². The molecule has 0 bridgehead atoms. The van der Waals surface area contributed by atoms with Crippen molar-refractivity contribution in [1.82, 2.24) is 14.9 Å². The number of aromatic amines is 1. The van der Waals surface area contributed by atoms with E-state index in [1.54, 1.807) is 6.07 Å². The highest BCUT2D eigenvalue weighted by Crippen LogP contribution is 2.34. The minimum atomic E-state index is -0.883. The van der Waals surface area contributed by atoms with Crippen molar-refractivity contribution in [2.24, 2.45) is 0 Å². The maximum absolute atomic E-state index is 13.7. The van der Waals surface area contributed by atoms with Crippen LogP contribution in [0.1, 0.15) is 22.5 Å². The number of para-hydroxylation sites is 1. The van der Waals surface area contributed by atoms with E-state index in [0.717, 1.165) is 44.8 Å². The summed E-state index contributed by atoms with van der Waals surface area (Å²) in [4.78, 5) is 21.3. The zero-order valence-electron chi connectivity index (χ0n) is 16.1. The second kappa shape index (κ2) is 7.18. The lowest BCUT2D eigenvalue weighted by atomic mass is 9.96. The van der Waals surface area contributed by atoms with Crippen molar-refractivity contribution in [2.45, 2.75) is 19.4 Å². The standard InChI is InChI=1S/C23H19F2N3O2/c24-16-6-5-13(9-17(16)25)10-19-23-22(14-3-1-2-4-18(14)27-23)15-7-8-28(12-21(29)30)11-20(15)26-19/h1-6,9,27H,7-8,10-12H2,(H,29,30). The molecule has 2 N–H and O–H groups in total. The number of carboxylic acids is 1. The predicted molar refractivity (Wildman–Crippen MR) is 109 cm³/mol. The zero-order valence-corrected chi connectivity index (χ0v) is 16.1. The number of aliphatic carboxylic acids is 1. The number of carboxylic acid groups (broad SMARTS) is 1. The number of carbonyl (C=O) groups is 1. The van der Waals surface area contributed by atoms with Crippen molar-refractivity contribution >= 4 is 27.8 Å². The molecule has 0 amide bonds. The van der Waals surface area contributed by atoms with Crippen molar-refractivity contribution in [3.8, 4) is 0 Å². The van der Waals surface area contributed by atoms with E-state index in [-0.39, 0.29) is 6.54 Å². The van der Waals surface area contributed by atoms with E-state index in [0.29, 0.717) is 31.5 Å². The lowest BCUT2D eigenvalue weighted by Crippen LogP contribution is -2.35. The third-order valence-corrected chi connectivity index (χ3v) is 5.68. The Morgan fingerprint density at radius 3 is 2.80 bits per heavy atom. The van der Waals surface area contributed by atoms with E-state index in [1.807, 2.05) is 23.1 Å². The van der Waals surface area contributed by atoms with Gasteiger partial charge in [-0.25, -0.2) is 8.78 Å². The van der Waals surface area contributed by atoms with Crippen LogP contribution >= 0.6 is 0 Å². The highest BCUT2D eigenvalue weighted by atomic mass is 19.2. The van der Waals surface area contributed by atoms with Crippen LogP contribution in [-0.4, -0.2) is 39.0 Å². The third kappa shape index (κ3) is 3.21. The number of nitrogens with one attached hydrogen (secondary N) is 1. The summed E-state index contributed by atoms with van der Waals surface area (Å²) in [5.74, 6) is -2.63. The van der Waals surface area contributed by atoms with Crippen LogP contribution in [0, 0.1) is 11.6 Å².